The summed E-state index contributed by atoms with van der Waals surface area (Å²) < 4.78 is 0. The summed E-state index contributed by atoms with van der Waals surface area (Å²) in [6, 6.07) is 6.83. The zero-order valence-corrected chi connectivity index (χ0v) is 15.3. The number of rotatable bonds is 5. The molecule has 2 rings (SSSR count). The molecule has 1 aliphatic heterocycles. The van der Waals surface area contributed by atoms with E-state index in [1.807, 2.05) is 19.9 Å². The molecular weight excluding hydrogens is 350 g/mol. The van der Waals surface area contributed by atoms with E-state index in [2.05, 4.69) is 16.0 Å². The number of hydrogen-bond acceptors (Lipinski definition) is 5. The molecule has 1 fully saturated rings. The van der Waals surface area contributed by atoms with Crippen molar-refractivity contribution in [3.05, 3.63) is 35.4 Å². The quantitative estimate of drug-likeness (QED) is 0.659. The van der Waals surface area contributed by atoms with Crippen molar-refractivity contribution in [1.82, 2.24) is 20.9 Å². The van der Waals surface area contributed by atoms with E-state index >= 15 is 0 Å². The van der Waals surface area contributed by atoms with Crippen LogP contribution in [0, 0.1) is 17.2 Å². The van der Waals surface area contributed by atoms with Crippen LogP contribution in [0.1, 0.15) is 31.9 Å². The normalized spacial score (nSPS) is 18.9. The molecule has 6 amide bonds. The summed E-state index contributed by atoms with van der Waals surface area (Å²) >= 11 is 0. The van der Waals surface area contributed by atoms with Crippen molar-refractivity contribution >= 4 is 23.9 Å². The van der Waals surface area contributed by atoms with Gasteiger partial charge < -0.3 is 10.6 Å². The Labute approximate surface area is 156 Å². The lowest BCUT2D eigenvalue weighted by molar-refractivity contribution is -0.134. The van der Waals surface area contributed by atoms with Crippen molar-refractivity contribution in [1.29, 1.82) is 5.26 Å². The van der Waals surface area contributed by atoms with Crippen LogP contribution in [0.3, 0.4) is 0 Å². The van der Waals surface area contributed by atoms with E-state index < -0.39 is 36.0 Å². The van der Waals surface area contributed by atoms with Crippen LogP contribution in [0.4, 0.5) is 9.59 Å². The van der Waals surface area contributed by atoms with E-state index in [1.165, 1.54) is 13.0 Å². The van der Waals surface area contributed by atoms with Crippen LogP contribution in [0.5, 0.6) is 0 Å². The molecule has 1 saturated heterocycles. The fourth-order valence-corrected chi connectivity index (χ4v) is 2.59. The molecule has 1 aromatic carbocycles. The molecule has 0 saturated carbocycles. The summed E-state index contributed by atoms with van der Waals surface area (Å²) in [7, 11) is 0. The van der Waals surface area contributed by atoms with Gasteiger partial charge in [0, 0.05) is 6.54 Å². The second kappa shape index (κ2) is 7.86. The molecule has 1 heterocycles. The largest absolute Gasteiger partial charge is 0.338 e. The van der Waals surface area contributed by atoms with Crippen LogP contribution in [0.25, 0.3) is 0 Å². The highest BCUT2D eigenvalue weighted by atomic mass is 16.2. The summed E-state index contributed by atoms with van der Waals surface area (Å²) in [6.45, 7) is 5.09. The molecule has 0 radical (unpaired) electrons. The molecule has 0 bridgehead atoms. The van der Waals surface area contributed by atoms with Crippen LogP contribution in [0.15, 0.2) is 24.3 Å². The number of carbonyl (C=O) groups is 4. The fourth-order valence-electron chi connectivity index (χ4n) is 2.59. The minimum atomic E-state index is -1.40. The topological polar surface area (TPSA) is 131 Å². The van der Waals surface area contributed by atoms with Gasteiger partial charge in [-0.15, -0.1) is 0 Å². The molecule has 0 aromatic heterocycles. The monoisotopic (exact) mass is 371 g/mol. The SMILES string of the molecule is CC(C)CNC(=O)NC(=O)CN1C(=O)NC(C)(c2cccc(C#N)c2)C1=O. The molecule has 9 nitrogen and oxygen atoms in total. The predicted octanol–water partition coefficient (Wildman–Crippen LogP) is 0.807. The van der Waals surface area contributed by atoms with E-state index in [-0.39, 0.29) is 5.92 Å². The second-order valence-electron chi connectivity index (χ2n) is 6.79. The molecule has 27 heavy (non-hydrogen) atoms. The third kappa shape index (κ3) is 4.41. The van der Waals surface area contributed by atoms with Crippen LogP contribution in [0.2, 0.25) is 0 Å². The van der Waals surface area contributed by atoms with Crippen molar-refractivity contribution in [2.45, 2.75) is 26.3 Å². The second-order valence-corrected chi connectivity index (χ2v) is 6.79. The van der Waals surface area contributed by atoms with E-state index in [4.69, 9.17) is 5.26 Å². The number of nitriles is 1. The maximum absolute atomic E-state index is 12.8. The van der Waals surface area contributed by atoms with Crippen LogP contribution in [-0.4, -0.2) is 41.9 Å². The highest BCUT2D eigenvalue weighted by Crippen LogP contribution is 2.29. The smallest absolute Gasteiger partial charge is 0.325 e. The zero-order chi connectivity index (χ0) is 20.2. The Morgan fingerprint density at radius 1 is 1.33 bits per heavy atom. The average molecular weight is 371 g/mol. The van der Waals surface area contributed by atoms with Crippen LogP contribution >= 0.6 is 0 Å². The minimum Gasteiger partial charge on any atom is -0.338 e. The number of imide groups is 2. The summed E-state index contributed by atoms with van der Waals surface area (Å²) in [6.07, 6.45) is 0. The maximum Gasteiger partial charge on any atom is 0.325 e. The molecule has 1 atom stereocenters. The van der Waals surface area contributed by atoms with E-state index in [9.17, 15) is 19.2 Å². The number of benzene rings is 1. The van der Waals surface area contributed by atoms with Crippen molar-refractivity contribution < 1.29 is 19.2 Å². The molecule has 1 aliphatic rings. The predicted molar refractivity (Wildman–Crippen MR) is 95.1 cm³/mol. The standard InChI is InChI=1S/C18H21N5O4/c1-11(2)9-20-16(26)21-14(24)10-23-15(25)18(3,22-17(23)27)13-6-4-5-12(7-13)8-19/h4-7,11H,9-10H2,1-3H3,(H,22,27)(H2,20,21,24,26). The summed E-state index contributed by atoms with van der Waals surface area (Å²) in [5, 5.41) is 16.2. The first-order chi connectivity index (χ1) is 12.7. The Balaban J connectivity index is 2.08. The Morgan fingerprint density at radius 2 is 2.04 bits per heavy atom. The van der Waals surface area contributed by atoms with E-state index in [0.717, 1.165) is 4.90 Å². The third-order valence-corrected chi connectivity index (χ3v) is 4.07. The first-order valence-electron chi connectivity index (χ1n) is 8.39. The lowest BCUT2D eigenvalue weighted by Gasteiger charge is -2.22. The Morgan fingerprint density at radius 3 is 2.67 bits per heavy atom. The lowest BCUT2D eigenvalue weighted by Crippen LogP contribution is -2.47. The van der Waals surface area contributed by atoms with Gasteiger partial charge in [-0.2, -0.15) is 5.26 Å². The van der Waals surface area contributed by atoms with Crippen molar-refractivity contribution in [2.75, 3.05) is 13.1 Å². The highest BCUT2D eigenvalue weighted by Gasteiger charge is 2.49. The number of hydrogen-bond donors (Lipinski definition) is 3. The Bertz CT molecular complexity index is 829. The van der Waals surface area contributed by atoms with Gasteiger partial charge in [-0.05, 0) is 30.5 Å². The number of amides is 6. The van der Waals surface area contributed by atoms with Gasteiger partial charge in [0.05, 0.1) is 11.6 Å². The van der Waals surface area contributed by atoms with Crippen molar-refractivity contribution in [3.8, 4) is 6.07 Å². The number of urea groups is 2. The number of nitrogens with one attached hydrogen (secondary N) is 3. The van der Waals surface area contributed by atoms with Gasteiger partial charge in [-0.1, -0.05) is 26.0 Å². The highest BCUT2D eigenvalue weighted by molar-refractivity contribution is 6.10. The molecule has 3 N–H and O–H groups in total. The average Bonchev–Trinajstić information content (AvgIpc) is 2.84. The van der Waals surface area contributed by atoms with Crippen molar-refractivity contribution in [3.63, 3.8) is 0 Å². The van der Waals surface area contributed by atoms with Gasteiger partial charge in [0.25, 0.3) is 5.91 Å². The molecule has 142 valence electrons. The third-order valence-electron chi connectivity index (χ3n) is 4.07. The van der Waals surface area contributed by atoms with E-state index in [0.29, 0.717) is 17.7 Å². The summed E-state index contributed by atoms with van der Waals surface area (Å²) in [5.41, 5.74) is -0.629. The number of carbonyl (C=O) groups excluding carboxylic acids is 4. The molecule has 9 heteroatoms. The van der Waals surface area contributed by atoms with Gasteiger partial charge >= 0.3 is 12.1 Å². The molecule has 0 spiro atoms. The molecular formula is C18H21N5O4. The number of nitrogens with zero attached hydrogens (tertiary/aromatic N) is 2. The van der Waals surface area contributed by atoms with Crippen molar-refractivity contribution in [2.24, 2.45) is 5.92 Å². The maximum atomic E-state index is 12.8. The summed E-state index contributed by atoms with van der Waals surface area (Å²) in [5.74, 6) is -1.21. The molecule has 1 unspecified atom stereocenters. The van der Waals surface area contributed by atoms with Crippen LogP contribution in [-0.2, 0) is 15.1 Å². The van der Waals surface area contributed by atoms with Gasteiger partial charge in [-0.3, -0.25) is 19.8 Å². The van der Waals surface area contributed by atoms with Gasteiger partial charge in [0.2, 0.25) is 5.91 Å². The zero-order valence-electron chi connectivity index (χ0n) is 15.3. The first-order valence-corrected chi connectivity index (χ1v) is 8.39. The molecule has 0 aliphatic carbocycles. The lowest BCUT2D eigenvalue weighted by atomic mass is 9.91. The summed E-state index contributed by atoms with van der Waals surface area (Å²) in [4.78, 5) is 49.3. The van der Waals surface area contributed by atoms with Gasteiger partial charge in [0.1, 0.15) is 12.1 Å². The Hall–Kier alpha value is -3.41. The van der Waals surface area contributed by atoms with Gasteiger partial charge in [-0.25, -0.2) is 9.59 Å². The van der Waals surface area contributed by atoms with Gasteiger partial charge in [0.15, 0.2) is 0 Å². The minimum absolute atomic E-state index is 0.210. The fraction of sp³-hybridized carbons (Fsp3) is 0.389. The Kier molecular flexibility index (Phi) is 5.80. The van der Waals surface area contributed by atoms with Crippen LogP contribution < -0.4 is 16.0 Å². The first kappa shape index (κ1) is 19.9. The van der Waals surface area contributed by atoms with E-state index in [1.54, 1.807) is 18.2 Å². The molecule has 1 aromatic rings.